The fourth-order valence-corrected chi connectivity index (χ4v) is 3.59. The van der Waals surface area contributed by atoms with Crippen molar-refractivity contribution in [1.82, 2.24) is 24.5 Å². The van der Waals surface area contributed by atoms with Crippen LogP contribution < -0.4 is 4.90 Å². The van der Waals surface area contributed by atoms with E-state index in [-0.39, 0.29) is 5.91 Å². The van der Waals surface area contributed by atoms with Crippen molar-refractivity contribution in [1.29, 1.82) is 0 Å². The molecular formula is C20H24N6O. The Bertz CT molecular complexity index is 923. The molecule has 1 aromatic carbocycles. The zero-order chi connectivity index (χ0) is 18.6. The number of rotatable bonds is 4. The van der Waals surface area contributed by atoms with Gasteiger partial charge in [-0.2, -0.15) is 14.6 Å². The standard InChI is InChI=1S/C20H24N6O/c1-16-14-18(26-20(23-16)21-15-22-26)24-10-5-11-25(13-12-24)19(27)9-8-17-6-3-2-4-7-17/h2-4,6-7,14-15H,5,8-13H2,1H3. The van der Waals surface area contributed by atoms with E-state index in [1.807, 2.05) is 36.1 Å². The van der Waals surface area contributed by atoms with Crippen molar-refractivity contribution in [3.05, 3.63) is 54.0 Å². The summed E-state index contributed by atoms with van der Waals surface area (Å²) in [5.74, 6) is 1.84. The van der Waals surface area contributed by atoms with Crippen LogP contribution in [0.3, 0.4) is 0 Å². The number of benzene rings is 1. The number of nitrogens with zero attached hydrogens (tertiary/aromatic N) is 6. The smallest absolute Gasteiger partial charge is 0.254 e. The van der Waals surface area contributed by atoms with Crippen molar-refractivity contribution in [3.63, 3.8) is 0 Å². The highest BCUT2D eigenvalue weighted by Crippen LogP contribution is 2.18. The summed E-state index contributed by atoms with van der Waals surface area (Å²) >= 11 is 0. The fraction of sp³-hybridized carbons (Fsp3) is 0.400. The molecule has 0 saturated carbocycles. The summed E-state index contributed by atoms with van der Waals surface area (Å²) in [5.41, 5.74) is 2.13. The van der Waals surface area contributed by atoms with Gasteiger partial charge in [0, 0.05) is 44.4 Å². The maximum atomic E-state index is 12.7. The lowest BCUT2D eigenvalue weighted by molar-refractivity contribution is -0.130. The minimum absolute atomic E-state index is 0.234. The van der Waals surface area contributed by atoms with E-state index in [0.29, 0.717) is 12.2 Å². The summed E-state index contributed by atoms with van der Waals surface area (Å²) in [4.78, 5) is 25.5. The molecule has 4 rings (SSSR count). The molecule has 1 amide bonds. The van der Waals surface area contributed by atoms with Crippen molar-refractivity contribution in [2.75, 3.05) is 31.1 Å². The molecule has 0 spiro atoms. The molecule has 2 aromatic heterocycles. The molecule has 0 atom stereocenters. The molecule has 0 aliphatic carbocycles. The van der Waals surface area contributed by atoms with Crippen LogP contribution in [0.2, 0.25) is 0 Å². The first kappa shape index (κ1) is 17.5. The normalized spacial score (nSPS) is 15.1. The fourth-order valence-electron chi connectivity index (χ4n) is 3.59. The van der Waals surface area contributed by atoms with Gasteiger partial charge >= 0.3 is 0 Å². The average Bonchev–Trinajstić information content (AvgIpc) is 3.01. The zero-order valence-electron chi connectivity index (χ0n) is 15.6. The van der Waals surface area contributed by atoms with E-state index < -0.39 is 0 Å². The van der Waals surface area contributed by atoms with Crippen molar-refractivity contribution < 1.29 is 4.79 Å². The zero-order valence-corrected chi connectivity index (χ0v) is 15.6. The summed E-state index contributed by atoms with van der Waals surface area (Å²) in [6.07, 6.45) is 3.83. The predicted molar refractivity (Wildman–Crippen MR) is 104 cm³/mol. The van der Waals surface area contributed by atoms with E-state index in [1.165, 1.54) is 11.9 Å². The Labute approximate surface area is 158 Å². The SMILES string of the molecule is Cc1cc(N2CCCN(C(=O)CCc3ccccc3)CC2)n2ncnc2n1. The van der Waals surface area contributed by atoms with Crippen LogP contribution in [-0.2, 0) is 11.2 Å². The van der Waals surface area contributed by atoms with Gasteiger partial charge in [-0.1, -0.05) is 30.3 Å². The number of carbonyl (C=O) groups is 1. The Hall–Kier alpha value is -2.96. The first-order chi connectivity index (χ1) is 13.2. The van der Waals surface area contributed by atoms with Crippen molar-refractivity contribution in [2.24, 2.45) is 0 Å². The maximum Gasteiger partial charge on any atom is 0.254 e. The van der Waals surface area contributed by atoms with Gasteiger partial charge < -0.3 is 9.80 Å². The molecule has 0 bridgehead atoms. The van der Waals surface area contributed by atoms with E-state index >= 15 is 0 Å². The van der Waals surface area contributed by atoms with E-state index in [2.05, 4.69) is 32.1 Å². The Morgan fingerprint density at radius 2 is 1.96 bits per heavy atom. The molecule has 1 saturated heterocycles. The number of aryl methyl sites for hydroxylation is 2. The van der Waals surface area contributed by atoms with Gasteiger partial charge in [0.25, 0.3) is 5.78 Å². The van der Waals surface area contributed by atoms with Crippen LogP contribution in [-0.4, -0.2) is 56.6 Å². The number of hydrogen-bond donors (Lipinski definition) is 0. The van der Waals surface area contributed by atoms with E-state index in [9.17, 15) is 4.79 Å². The third kappa shape index (κ3) is 3.92. The highest BCUT2D eigenvalue weighted by Gasteiger charge is 2.21. The summed E-state index contributed by atoms with van der Waals surface area (Å²) in [5, 5.41) is 4.30. The van der Waals surface area contributed by atoms with Gasteiger partial charge in [0.2, 0.25) is 5.91 Å². The highest BCUT2D eigenvalue weighted by molar-refractivity contribution is 5.76. The number of aromatic nitrogens is 4. The molecule has 27 heavy (non-hydrogen) atoms. The Balaban J connectivity index is 1.41. The lowest BCUT2D eigenvalue weighted by atomic mass is 10.1. The number of anilines is 1. The van der Waals surface area contributed by atoms with Crippen LogP contribution in [0.5, 0.6) is 0 Å². The van der Waals surface area contributed by atoms with Crippen LogP contribution in [0.15, 0.2) is 42.7 Å². The van der Waals surface area contributed by atoms with Gasteiger partial charge in [-0.05, 0) is 25.3 Å². The van der Waals surface area contributed by atoms with Crippen LogP contribution in [0.1, 0.15) is 24.1 Å². The van der Waals surface area contributed by atoms with Crippen LogP contribution in [0.25, 0.3) is 5.78 Å². The summed E-state index contributed by atoms with van der Waals surface area (Å²) in [6, 6.07) is 12.2. The molecule has 7 nitrogen and oxygen atoms in total. The minimum Gasteiger partial charge on any atom is -0.355 e. The second-order valence-corrected chi connectivity index (χ2v) is 6.93. The van der Waals surface area contributed by atoms with Gasteiger partial charge in [0.15, 0.2) is 0 Å². The monoisotopic (exact) mass is 364 g/mol. The van der Waals surface area contributed by atoms with Gasteiger partial charge in [0.1, 0.15) is 12.1 Å². The molecule has 1 aliphatic heterocycles. The number of fused-ring (bicyclic) bond motifs is 1. The Morgan fingerprint density at radius 3 is 2.81 bits per heavy atom. The molecule has 1 fully saturated rings. The second kappa shape index (κ2) is 7.73. The van der Waals surface area contributed by atoms with Gasteiger partial charge in [-0.15, -0.1) is 0 Å². The topological polar surface area (TPSA) is 66.6 Å². The van der Waals surface area contributed by atoms with Gasteiger partial charge in [-0.3, -0.25) is 4.79 Å². The van der Waals surface area contributed by atoms with Gasteiger partial charge in [-0.25, -0.2) is 4.98 Å². The molecule has 7 heteroatoms. The molecule has 0 N–H and O–H groups in total. The lowest BCUT2D eigenvalue weighted by Gasteiger charge is -2.24. The van der Waals surface area contributed by atoms with Gasteiger partial charge in [0.05, 0.1) is 0 Å². The van der Waals surface area contributed by atoms with E-state index in [1.54, 1.807) is 4.52 Å². The summed E-state index contributed by atoms with van der Waals surface area (Å²) in [7, 11) is 0. The quantitative estimate of drug-likeness (QED) is 0.709. The molecular weight excluding hydrogens is 340 g/mol. The largest absolute Gasteiger partial charge is 0.355 e. The molecule has 0 radical (unpaired) electrons. The molecule has 0 unspecified atom stereocenters. The van der Waals surface area contributed by atoms with Crippen molar-refractivity contribution in [3.8, 4) is 0 Å². The second-order valence-electron chi connectivity index (χ2n) is 6.93. The first-order valence-electron chi connectivity index (χ1n) is 9.45. The lowest BCUT2D eigenvalue weighted by Crippen LogP contribution is -2.35. The Morgan fingerprint density at radius 1 is 1.11 bits per heavy atom. The summed E-state index contributed by atoms with van der Waals surface area (Å²) in [6.45, 7) is 5.17. The average molecular weight is 364 g/mol. The predicted octanol–water partition coefficient (Wildman–Crippen LogP) is 2.10. The van der Waals surface area contributed by atoms with E-state index in [4.69, 9.17) is 0 Å². The third-order valence-corrected chi connectivity index (χ3v) is 5.00. The number of amides is 1. The highest BCUT2D eigenvalue weighted by atomic mass is 16.2. The number of hydrogen-bond acceptors (Lipinski definition) is 5. The Kier molecular flexibility index (Phi) is 5.00. The first-order valence-corrected chi connectivity index (χ1v) is 9.45. The molecule has 3 heterocycles. The van der Waals surface area contributed by atoms with Crippen molar-refractivity contribution >= 4 is 17.5 Å². The van der Waals surface area contributed by atoms with E-state index in [0.717, 1.165) is 50.5 Å². The molecule has 1 aliphatic rings. The third-order valence-electron chi connectivity index (χ3n) is 5.00. The molecule has 140 valence electrons. The summed E-state index contributed by atoms with van der Waals surface area (Å²) < 4.78 is 1.78. The van der Waals surface area contributed by atoms with Crippen molar-refractivity contribution in [2.45, 2.75) is 26.2 Å². The van der Waals surface area contributed by atoms with Crippen LogP contribution >= 0.6 is 0 Å². The molecule has 3 aromatic rings. The minimum atomic E-state index is 0.234. The number of carbonyl (C=O) groups excluding carboxylic acids is 1. The van der Waals surface area contributed by atoms with Crippen LogP contribution in [0.4, 0.5) is 5.82 Å². The van der Waals surface area contributed by atoms with Crippen LogP contribution in [0, 0.1) is 6.92 Å². The maximum absolute atomic E-state index is 12.7.